The van der Waals surface area contributed by atoms with Crippen LogP contribution in [0.1, 0.15) is 16.1 Å². The van der Waals surface area contributed by atoms with Crippen LogP contribution < -0.4 is 5.32 Å². The quantitative estimate of drug-likeness (QED) is 0.863. The van der Waals surface area contributed by atoms with Crippen LogP contribution in [-0.2, 0) is 7.05 Å². The third-order valence-electron chi connectivity index (χ3n) is 2.23. The molecule has 0 aliphatic rings. The second-order valence-corrected chi connectivity index (χ2v) is 4.43. The third kappa shape index (κ3) is 2.71. The fourth-order valence-electron chi connectivity index (χ4n) is 1.43. The predicted octanol–water partition coefficient (Wildman–Crippen LogP) is 2.14. The van der Waals surface area contributed by atoms with Gasteiger partial charge in [-0.15, -0.1) is 0 Å². The number of hydrogen-bond acceptors (Lipinski definition) is 3. The standard InChI is InChI=1S/C11H11BrN4O/c1-7-5-10(16(2)15-7)14-11(17)8-3-4-9(12)13-6-8/h3-6H,1-2H3,(H,14,17). The highest BCUT2D eigenvalue weighted by Crippen LogP contribution is 2.11. The Morgan fingerprint density at radius 2 is 2.24 bits per heavy atom. The molecule has 2 aromatic heterocycles. The smallest absolute Gasteiger partial charge is 0.258 e. The maximum Gasteiger partial charge on any atom is 0.258 e. The highest BCUT2D eigenvalue weighted by atomic mass is 79.9. The molecule has 1 N–H and O–H groups in total. The molecule has 0 aromatic carbocycles. The van der Waals surface area contributed by atoms with Crippen LogP contribution in [0.4, 0.5) is 5.82 Å². The number of carbonyl (C=O) groups is 1. The summed E-state index contributed by atoms with van der Waals surface area (Å²) in [5.41, 5.74) is 1.36. The summed E-state index contributed by atoms with van der Waals surface area (Å²) in [5, 5.41) is 6.92. The second kappa shape index (κ2) is 4.67. The lowest BCUT2D eigenvalue weighted by atomic mass is 10.3. The summed E-state index contributed by atoms with van der Waals surface area (Å²) >= 11 is 3.22. The van der Waals surface area contributed by atoms with Crippen LogP contribution in [0.15, 0.2) is 29.0 Å². The Balaban J connectivity index is 2.17. The molecule has 2 heterocycles. The molecule has 0 spiro atoms. The zero-order valence-electron chi connectivity index (χ0n) is 9.44. The summed E-state index contributed by atoms with van der Waals surface area (Å²) in [5.74, 6) is 0.461. The molecule has 5 nitrogen and oxygen atoms in total. The summed E-state index contributed by atoms with van der Waals surface area (Å²) in [7, 11) is 1.78. The Hall–Kier alpha value is -1.69. The van der Waals surface area contributed by atoms with Gasteiger partial charge in [-0.2, -0.15) is 5.10 Å². The van der Waals surface area contributed by atoms with E-state index in [9.17, 15) is 4.79 Å². The molecule has 6 heteroatoms. The summed E-state index contributed by atoms with van der Waals surface area (Å²) in [6.45, 7) is 1.87. The normalized spacial score (nSPS) is 10.3. The number of anilines is 1. The molecule has 0 aliphatic carbocycles. The molecule has 1 amide bonds. The molecular weight excluding hydrogens is 284 g/mol. The maximum absolute atomic E-state index is 11.9. The first kappa shape index (κ1) is 11.8. The van der Waals surface area contributed by atoms with Gasteiger partial charge in [0.2, 0.25) is 0 Å². The first-order valence-electron chi connectivity index (χ1n) is 5.00. The van der Waals surface area contributed by atoms with Crippen molar-refractivity contribution < 1.29 is 4.79 Å². The van der Waals surface area contributed by atoms with E-state index < -0.39 is 0 Å². The van der Waals surface area contributed by atoms with Crippen LogP contribution >= 0.6 is 15.9 Å². The van der Waals surface area contributed by atoms with Crippen molar-refractivity contribution in [1.29, 1.82) is 0 Å². The average Bonchev–Trinajstić information content (AvgIpc) is 2.58. The fraction of sp³-hybridized carbons (Fsp3) is 0.182. The minimum Gasteiger partial charge on any atom is -0.307 e. The molecule has 0 aliphatic heterocycles. The average molecular weight is 295 g/mol. The zero-order valence-corrected chi connectivity index (χ0v) is 11.0. The number of aromatic nitrogens is 3. The number of nitrogens with one attached hydrogen (secondary N) is 1. The Morgan fingerprint density at radius 1 is 1.47 bits per heavy atom. The SMILES string of the molecule is Cc1cc(NC(=O)c2ccc(Br)nc2)n(C)n1. The van der Waals surface area contributed by atoms with E-state index in [0.29, 0.717) is 16.0 Å². The van der Waals surface area contributed by atoms with Gasteiger partial charge < -0.3 is 5.32 Å². The lowest BCUT2D eigenvalue weighted by Crippen LogP contribution is -2.14. The lowest BCUT2D eigenvalue weighted by Gasteiger charge is -2.04. The number of nitrogens with zero attached hydrogens (tertiary/aromatic N) is 3. The van der Waals surface area contributed by atoms with Gasteiger partial charge in [0.05, 0.1) is 11.3 Å². The minimum absolute atomic E-state index is 0.201. The number of amides is 1. The molecule has 0 fully saturated rings. The van der Waals surface area contributed by atoms with E-state index >= 15 is 0 Å². The Labute approximate surface area is 107 Å². The van der Waals surface area contributed by atoms with E-state index in [1.54, 1.807) is 23.9 Å². The van der Waals surface area contributed by atoms with Gasteiger partial charge in [-0.25, -0.2) is 4.98 Å². The van der Waals surface area contributed by atoms with Gasteiger partial charge in [0, 0.05) is 19.3 Å². The van der Waals surface area contributed by atoms with E-state index in [4.69, 9.17) is 0 Å². The fourth-order valence-corrected chi connectivity index (χ4v) is 1.66. The van der Waals surface area contributed by atoms with Crippen molar-refractivity contribution in [2.45, 2.75) is 6.92 Å². The minimum atomic E-state index is -0.201. The van der Waals surface area contributed by atoms with Gasteiger partial charge >= 0.3 is 0 Å². The van der Waals surface area contributed by atoms with Crippen molar-refractivity contribution >= 4 is 27.7 Å². The summed E-state index contributed by atoms with van der Waals surface area (Å²) in [6, 6.07) is 5.24. The highest BCUT2D eigenvalue weighted by Gasteiger charge is 2.09. The molecule has 0 radical (unpaired) electrons. The van der Waals surface area contributed by atoms with Crippen molar-refractivity contribution in [3.63, 3.8) is 0 Å². The van der Waals surface area contributed by atoms with Crippen molar-refractivity contribution in [3.8, 4) is 0 Å². The molecule has 0 saturated carbocycles. The van der Waals surface area contributed by atoms with Gasteiger partial charge in [0.25, 0.3) is 5.91 Å². The monoisotopic (exact) mass is 294 g/mol. The van der Waals surface area contributed by atoms with Crippen LogP contribution in [0.5, 0.6) is 0 Å². The first-order chi connectivity index (χ1) is 8.06. The van der Waals surface area contributed by atoms with Gasteiger partial charge in [-0.3, -0.25) is 9.48 Å². The van der Waals surface area contributed by atoms with Crippen LogP contribution in [0.25, 0.3) is 0 Å². The number of aryl methyl sites for hydroxylation is 2. The van der Waals surface area contributed by atoms with Crippen LogP contribution in [-0.4, -0.2) is 20.7 Å². The van der Waals surface area contributed by atoms with E-state index in [2.05, 4.69) is 31.3 Å². The van der Waals surface area contributed by atoms with Gasteiger partial charge in [-0.05, 0) is 35.0 Å². The number of pyridine rings is 1. The summed E-state index contributed by atoms with van der Waals surface area (Å²) < 4.78 is 2.32. The Morgan fingerprint density at radius 3 is 2.76 bits per heavy atom. The molecule has 0 atom stereocenters. The molecule has 0 saturated heterocycles. The highest BCUT2D eigenvalue weighted by molar-refractivity contribution is 9.10. The van der Waals surface area contributed by atoms with E-state index in [1.807, 2.05) is 13.0 Å². The molecule has 17 heavy (non-hydrogen) atoms. The summed E-state index contributed by atoms with van der Waals surface area (Å²) in [4.78, 5) is 15.9. The maximum atomic E-state index is 11.9. The second-order valence-electron chi connectivity index (χ2n) is 3.62. The van der Waals surface area contributed by atoms with Gasteiger partial charge in [-0.1, -0.05) is 0 Å². The largest absolute Gasteiger partial charge is 0.307 e. The number of carbonyl (C=O) groups excluding carboxylic acids is 1. The Bertz CT molecular complexity index is 547. The molecule has 0 unspecified atom stereocenters. The van der Waals surface area contributed by atoms with Crippen LogP contribution in [0.3, 0.4) is 0 Å². The number of rotatable bonds is 2. The topological polar surface area (TPSA) is 59.8 Å². The molecular formula is C11H11BrN4O. The van der Waals surface area contributed by atoms with Crippen LogP contribution in [0.2, 0.25) is 0 Å². The first-order valence-corrected chi connectivity index (χ1v) is 5.79. The van der Waals surface area contributed by atoms with Gasteiger partial charge in [0.1, 0.15) is 10.4 Å². The van der Waals surface area contributed by atoms with Crippen LogP contribution in [0, 0.1) is 6.92 Å². The van der Waals surface area contributed by atoms with E-state index in [1.165, 1.54) is 6.20 Å². The molecule has 88 valence electrons. The zero-order chi connectivity index (χ0) is 12.4. The number of hydrogen-bond donors (Lipinski definition) is 1. The lowest BCUT2D eigenvalue weighted by molar-refractivity contribution is 0.102. The summed E-state index contributed by atoms with van der Waals surface area (Å²) in [6.07, 6.45) is 1.52. The molecule has 2 aromatic rings. The van der Waals surface area contributed by atoms with Crippen molar-refractivity contribution in [1.82, 2.24) is 14.8 Å². The van der Waals surface area contributed by atoms with Crippen molar-refractivity contribution in [2.24, 2.45) is 7.05 Å². The number of halogens is 1. The molecule has 0 bridgehead atoms. The van der Waals surface area contributed by atoms with E-state index in [0.717, 1.165) is 5.69 Å². The van der Waals surface area contributed by atoms with E-state index in [-0.39, 0.29) is 5.91 Å². The van der Waals surface area contributed by atoms with Gasteiger partial charge in [0.15, 0.2) is 0 Å². The third-order valence-corrected chi connectivity index (χ3v) is 2.70. The van der Waals surface area contributed by atoms with Crippen molar-refractivity contribution in [3.05, 3.63) is 40.3 Å². The molecule has 2 rings (SSSR count). The Kier molecular flexibility index (Phi) is 3.23. The predicted molar refractivity (Wildman–Crippen MR) is 67.8 cm³/mol. The van der Waals surface area contributed by atoms with Crippen molar-refractivity contribution in [2.75, 3.05) is 5.32 Å².